The number of carbonyl (C=O) groups is 2. The number of likely N-dealkylation sites (N-methyl/N-ethyl adjacent to an activating group) is 1. The zero-order valence-corrected chi connectivity index (χ0v) is 15.7. The van der Waals surface area contributed by atoms with Crippen molar-refractivity contribution in [2.45, 2.75) is 26.8 Å². The van der Waals surface area contributed by atoms with E-state index in [4.69, 9.17) is 4.74 Å². The Labute approximate surface area is 154 Å². The molecule has 140 valence electrons. The van der Waals surface area contributed by atoms with Gasteiger partial charge in [-0.15, -0.1) is 0 Å². The Morgan fingerprint density at radius 3 is 2.54 bits per heavy atom. The van der Waals surface area contributed by atoms with Crippen LogP contribution in [-0.4, -0.2) is 43.1 Å². The number of ether oxygens (including phenoxy) is 1. The Kier molecular flexibility index (Phi) is 6.97. The number of nitrogens with one attached hydrogen (secondary N) is 2. The quantitative estimate of drug-likeness (QED) is 0.554. The van der Waals surface area contributed by atoms with Crippen LogP contribution in [0.5, 0.6) is 0 Å². The van der Waals surface area contributed by atoms with Gasteiger partial charge < -0.3 is 15.4 Å². The van der Waals surface area contributed by atoms with Gasteiger partial charge >= 0.3 is 12.0 Å². The minimum Gasteiger partial charge on any atom is -0.463 e. The number of urea groups is 1. The molecular weight excluding hydrogens is 330 g/mol. The van der Waals surface area contributed by atoms with Crippen LogP contribution in [0.1, 0.15) is 32.4 Å². The van der Waals surface area contributed by atoms with Crippen LogP contribution in [0.3, 0.4) is 0 Å². The maximum absolute atomic E-state index is 12.7. The molecule has 1 unspecified atom stereocenters. The van der Waals surface area contributed by atoms with Crippen LogP contribution in [0.15, 0.2) is 53.8 Å². The number of carbonyl (C=O) groups excluding carboxylic acids is 2. The third-order valence-electron chi connectivity index (χ3n) is 4.10. The lowest BCUT2D eigenvalue weighted by molar-refractivity contribution is -0.139. The molecule has 1 heterocycles. The van der Waals surface area contributed by atoms with Crippen molar-refractivity contribution in [2.75, 3.05) is 26.2 Å². The van der Waals surface area contributed by atoms with E-state index in [1.54, 1.807) is 6.92 Å². The Hall–Kier alpha value is -2.60. The van der Waals surface area contributed by atoms with E-state index in [1.165, 1.54) is 0 Å². The van der Waals surface area contributed by atoms with Crippen molar-refractivity contribution in [3.05, 3.63) is 59.3 Å². The van der Waals surface area contributed by atoms with Gasteiger partial charge in [-0.1, -0.05) is 49.4 Å². The Bertz CT molecular complexity index is 698. The van der Waals surface area contributed by atoms with Crippen LogP contribution in [0.2, 0.25) is 0 Å². The monoisotopic (exact) mass is 357 g/mol. The van der Waals surface area contributed by atoms with Gasteiger partial charge in [-0.3, -0.25) is 4.90 Å². The van der Waals surface area contributed by atoms with Crippen LogP contribution in [-0.2, 0) is 9.53 Å². The minimum atomic E-state index is -0.539. The molecular formula is C20H27N3O3. The highest BCUT2D eigenvalue weighted by Crippen LogP contribution is 2.28. The average Bonchev–Trinajstić information content (AvgIpc) is 2.61. The molecule has 1 aliphatic rings. The van der Waals surface area contributed by atoms with E-state index in [9.17, 15) is 9.59 Å². The van der Waals surface area contributed by atoms with Gasteiger partial charge in [0.15, 0.2) is 0 Å². The van der Waals surface area contributed by atoms with Crippen molar-refractivity contribution in [3.63, 3.8) is 0 Å². The third kappa shape index (κ3) is 4.95. The number of esters is 1. The van der Waals surface area contributed by atoms with Gasteiger partial charge in [0, 0.05) is 18.8 Å². The summed E-state index contributed by atoms with van der Waals surface area (Å²) in [5.74, 6) is -0.421. The summed E-state index contributed by atoms with van der Waals surface area (Å²) >= 11 is 0. The molecule has 0 aromatic heterocycles. The fraction of sp³-hybridized carbons (Fsp3) is 0.400. The molecule has 0 saturated carbocycles. The Morgan fingerprint density at radius 1 is 1.27 bits per heavy atom. The average molecular weight is 357 g/mol. The molecule has 1 aromatic carbocycles. The van der Waals surface area contributed by atoms with Gasteiger partial charge in [0.25, 0.3) is 0 Å². The number of benzene rings is 1. The van der Waals surface area contributed by atoms with Crippen molar-refractivity contribution in [2.24, 2.45) is 0 Å². The van der Waals surface area contributed by atoms with Crippen LogP contribution >= 0.6 is 0 Å². The van der Waals surface area contributed by atoms with Gasteiger partial charge in [-0.2, -0.15) is 0 Å². The molecule has 0 bridgehead atoms. The fourth-order valence-electron chi connectivity index (χ4n) is 2.97. The van der Waals surface area contributed by atoms with E-state index >= 15 is 0 Å². The summed E-state index contributed by atoms with van der Waals surface area (Å²) in [4.78, 5) is 27.0. The number of amides is 2. The molecule has 26 heavy (non-hydrogen) atoms. The molecule has 0 radical (unpaired) electrons. The van der Waals surface area contributed by atoms with Crippen molar-refractivity contribution in [1.29, 1.82) is 0 Å². The zero-order chi connectivity index (χ0) is 19.1. The summed E-state index contributed by atoms with van der Waals surface area (Å²) in [7, 11) is 0. The van der Waals surface area contributed by atoms with Gasteiger partial charge in [0.1, 0.15) is 0 Å². The SMILES string of the molecule is C=C(C)CN(CC)CC1=C(C(=O)OCC)C(c2ccccc2)NC(=O)N1. The van der Waals surface area contributed by atoms with Crippen LogP contribution in [0, 0.1) is 0 Å². The van der Waals surface area contributed by atoms with Gasteiger partial charge in [-0.05, 0) is 26.0 Å². The predicted octanol–water partition coefficient (Wildman–Crippen LogP) is 2.76. The first-order valence-electron chi connectivity index (χ1n) is 8.85. The molecule has 2 N–H and O–H groups in total. The molecule has 1 atom stereocenters. The lowest BCUT2D eigenvalue weighted by Gasteiger charge is -2.32. The van der Waals surface area contributed by atoms with Crippen molar-refractivity contribution in [3.8, 4) is 0 Å². The topological polar surface area (TPSA) is 70.7 Å². The largest absolute Gasteiger partial charge is 0.463 e. The lowest BCUT2D eigenvalue weighted by Crippen LogP contribution is -2.48. The van der Waals surface area contributed by atoms with Gasteiger partial charge in [-0.25, -0.2) is 9.59 Å². The van der Waals surface area contributed by atoms with Crippen LogP contribution in [0.4, 0.5) is 4.79 Å². The molecule has 6 heteroatoms. The second-order valence-electron chi connectivity index (χ2n) is 6.32. The standard InChI is InChI=1S/C20H27N3O3/c1-5-23(12-14(3)4)13-16-17(19(24)26-6-2)18(22-20(25)21-16)15-10-8-7-9-11-15/h7-11,18H,3,5-6,12-13H2,1-2,4H3,(H2,21,22,25). The van der Waals surface area contributed by atoms with E-state index in [-0.39, 0.29) is 12.6 Å². The number of hydrogen-bond acceptors (Lipinski definition) is 4. The first-order chi connectivity index (χ1) is 12.5. The summed E-state index contributed by atoms with van der Waals surface area (Å²) in [6.45, 7) is 11.9. The van der Waals surface area contributed by atoms with Crippen molar-refractivity contribution < 1.29 is 14.3 Å². The van der Waals surface area contributed by atoms with Crippen LogP contribution in [0.25, 0.3) is 0 Å². The summed E-state index contributed by atoms with van der Waals surface area (Å²) in [6, 6.07) is 8.57. The van der Waals surface area contributed by atoms with Gasteiger partial charge in [0.05, 0.1) is 18.2 Å². The summed E-state index contributed by atoms with van der Waals surface area (Å²) in [5.41, 5.74) is 2.87. The minimum absolute atomic E-state index is 0.272. The normalized spacial score (nSPS) is 16.9. The van der Waals surface area contributed by atoms with Crippen molar-refractivity contribution in [1.82, 2.24) is 15.5 Å². The Morgan fingerprint density at radius 2 is 1.96 bits per heavy atom. The Balaban J connectivity index is 2.45. The maximum atomic E-state index is 12.7. The molecule has 2 amide bonds. The first-order valence-corrected chi connectivity index (χ1v) is 8.85. The van der Waals surface area contributed by atoms with E-state index in [2.05, 4.69) is 22.1 Å². The molecule has 0 aliphatic carbocycles. The molecule has 2 rings (SSSR count). The summed E-state index contributed by atoms with van der Waals surface area (Å²) in [5, 5.41) is 5.64. The number of nitrogens with zero attached hydrogens (tertiary/aromatic N) is 1. The molecule has 1 aliphatic heterocycles. The molecule has 0 spiro atoms. The summed E-state index contributed by atoms with van der Waals surface area (Å²) in [6.07, 6.45) is 0. The fourth-order valence-corrected chi connectivity index (χ4v) is 2.97. The highest BCUT2D eigenvalue weighted by Gasteiger charge is 2.34. The highest BCUT2D eigenvalue weighted by atomic mass is 16.5. The number of rotatable bonds is 8. The third-order valence-corrected chi connectivity index (χ3v) is 4.10. The second-order valence-corrected chi connectivity index (χ2v) is 6.32. The zero-order valence-electron chi connectivity index (χ0n) is 15.7. The van der Waals surface area contributed by atoms with E-state index in [0.29, 0.717) is 24.4 Å². The first kappa shape index (κ1) is 19.7. The van der Waals surface area contributed by atoms with E-state index < -0.39 is 12.0 Å². The molecule has 0 fully saturated rings. The second kappa shape index (κ2) is 9.20. The van der Waals surface area contributed by atoms with Crippen LogP contribution < -0.4 is 10.6 Å². The molecule has 1 aromatic rings. The molecule has 6 nitrogen and oxygen atoms in total. The smallest absolute Gasteiger partial charge is 0.338 e. The lowest BCUT2D eigenvalue weighted by atomic mass is 9.95. The molecule has 0 saturated heterocycles. The highest BCUT2D eigenvalue weighted by molar-refractivity contribution is 5.95. The van der Waals surface area contributed by atoms with Gasteiger partial charge in [0.2, 0.25) is 0 Å². The maximum Gasteiger partial charge on any atom is 0.338 e. The number of hydrogen-bond donors (Lipinski definition) is 2. The van der Waals surface area contributed by atoms with Crippen molar-refractivity contribution >= 4 is 12.0 Å². The van der Waals surface area contributed by atoms with E-state index in [1.807, 2.05) is 44.2 Å². The van der Waals surface area contributed by atoms with E-state index in [0.717, 1.165) is 17.7 Å². The summed E-state index contributed by atoms with van der Waals surface area (Å²) < 4.78 is 5.27. The predicted molar refractivity (Wildman–Crippen MR) is 101 cm³/mol.